The van der Waals surface area contributed by atoms with Gasteiger partial charge in [-0.1, -0.05) is 24.3 Å². The number of nitrogens with zero attached hydrogens (tertiary/aromatic N) is 3. The van der Waals surface area contributed by atoms with Gasteiger partial charge in [-0.05, 0) is 42.0 Å². The molecule has 0 saturated carbocycles. The summed E-state index contributed by atoms with van der Waals surface area (Å²) in [7, 11) is 0. The van der Waals surface area contributed by atoms with Crippen LogP contribution in [0.4, 0.5) is 17.1 Å². The van der Waals surface area contributed by atoms with Gasteiger partial charge in [0.2, 0.25) is 0 Å². The standard InChI is InChI=1S/C23H17N3O5/c27-22-20(12-7-16-2-1-13-24-21(16)22)25(18-10-5-17(6-11-18)23(28)29)14-15-3-8-19(9-4-15)26(30)31/h1-13,27H,14H2,(H,28,29). The number of phenols is 1. The Morgan fingerprint density at radius 2 is 1.71 bits per heavy atom. The van der Waals surface area contributed by atoms with Crippen LogP contribution in [0.5, 0.6) is 5.75 Å². The molecule has 0 atom stereocenters. The molecule has 4 aromatic rings. The predicted molar refractivity (Wildman–Crippen MR) is 116 cm³/mol. The first-order chi connectivity index (χ1) is 14.9. The van der Waals surface area contributed by atoms with E-state index in [0.29, 0.717) is 16.9 Å². The highest BCUT2D eigenvalue weighted by molar-refractivity contribution is 5.92. The maximum atomic E-state index is 11.2. The van der Waals surface area contributed by atoms with Crippen LogP contribution in [0.2, 0.25) is 0 Å². The van der Waals surface area contributed by atoms with Crippen molar-refractivity contribution in [2.24, 2.45) is 0 Å². The van der Waals surface area contributed by atoms with Crippen molar-refractivity contribution in [3.8, 4) is 5.75 Å². The average molecular weight is 415 g/mol. The number of pyridine rings is 1. The van der Waals surface area contributed by atoms with Crippen molar-refractivity contribution in [1.82, 2.24) is 4.98 Å². The van der Waals surface area contributed by atoms with Crippen molar-refractivity contribution >= 4 is 33.9 Å². The fraction of sp³-hybridized carbons (Fsp3) is 0.0435. The van der Waals surface area contributed by atoms with Gasteiger partial charge in [0.15, 0.2) is 5.75 Å². The Labute approximate surface area is 176 Å². The highest BCUT2D eigenvalue weighted by Crippen LogP contribution is 2.38. The zero-order valence-corrected chi connectivity index (χ0v) is 16.2. The number of benzene rings is 3. The minimum atomic E-state index is -1.04. The summed E-state index contributed by atoms with van der Waals surface area (Å²) >= 11 is 0. The highest BCUT2D eigenvalue weighted by Gasteiger charge is 2.18. The Bertz CT molecular complexity index is 1270. The minimum Gasteiger partial charge on any atom is -0.504 e. The van der Waals surface area contributed by atoms with Crippen LogP contribution in [-0.2, 0) is 6.54 Å². The van der Waals surface area contributed by atoms with Gasteiger partial charge >= 0.3 is 5.97 Å². The normalized spacial score (nSPS) is 10.7. The van der Waals surface area contributed by atoms with Crippen molar-refractivity contribution in [3.05, 3.63) is 100 Å². The van der Waals surface area contributed by atoms with E-state index < -0.39 is 10.9 Å². The number of phenolic OH excluding ortho intramolecular Hbond substituents is 1. The average Bonchev–Trinajstić information content (AvgIpc) is 2.79. The van der Waals surface area contributed by atoms with Crippen molar-refractivity contribution < 1.29 is 19.9 Å². The van der Waals surface area contributed by atoms with Gasteiger partial charge in [0.1, 0.15) is 5.52 Å². The third-order valence-electron chi connectivity index (χ3n) is 4.93. The molecule has 0 aliphatic heterocycles. The van der Waals surface area contributed by atoms with E-state index in [0.717, 1.165) is 10.9 Å². The molecule has 154 valence electrons. The fourth-order valence-electron chi connectivity index (χ4n) is 3.34. The lowest BCUT2D eigenvalue weighted by Gasteiger charge is -2.26. The molecule has 0 radical (unpaired) electrons. The second-order valence-corrected chi connectivity index (χ2v) is 6.87. The molecule has 1 heterocycles. The smallest absolute Gasteiger partial charge is 0.335 e. The fourth-order valence-corrected chi connectivity index (χ4v) is 3.34. The van der Waals surface area contributed by atoms with E-state index in [1.807, 2.05) is 12.1 Å². The predicted octanol–water partition coefficient (Wildman–Crippen LogP) is 4.89. The van der Waals surface area contributed by atoms with Gasteiger partial charge in [-0.15, -0.1) is 0 Å². The Morgan fingerprint density at radius 3 is 2.35 bits per heavy atom. The Hall–Kier alpha value is -4.46. The van der Waals surface area contributed by atoms with E-state index in [1.54, 1.807) is 47.5 Å². The van der Waals surface area contributed by atoms with E-state index in [4.69, 9.17) is 0 Å². The Kier molecular flexibility index (Phi) is 5.19. The van der Waals surface area contributed by atoms with Gasteiger partial charge in [-0.3, -0.25) is 15.1 Å². The van der Waals surface area contributed by atoms with Crippen LogP contribution < -0.4 is 4.90 Å². The number of fused-ring (bicyclic) bond motifs is 1. The van der Waals surface area contributed by atoms with Gasteiger partial charge in [0, 0.05) is 35.9 Å². The van der Waals surface area contributed by atoms with Crippen LogP contribution in [0, 0.1) is 10.1 Å². The highest BCUT2D eigenvalue weighted by atomic mass is 16.6. The number of carbonyl (C=O) groups is 1. The maximum absolute atomic E-state index is 11.2. The van der Waals surface area contributed by atoms with Crippen LogP contribution in [-0.4, -0.2) is 26.1 Å². The van der Waals surface area contributed by atoms with Crippen LogP contribution in [0.3, 0.4) is 0 Å². The van der Waals surface area contributed by atoms with E-state index in [2.05, 4.69) is 4.98 Å². The number of aromatic hydroxyl groups is 1. The third kappa shape index (κ3) is 3.99. The lowest BCUT2D eigenvalue weighted by atomic mass is 10.1. The number of non-ortho nitro benzene ring substituents is 1. The zero-order chi connectivity index (χ0) is 22.0. The lowest BCUT2D eigenvalue weighted by molar-refractivity contribution is -0.384. The molecule has 1 aromatic heterocycles. The van der Waals surface area contributed by atoms with Crippen molar-refractivity contribution in [2.75, 3.05) is 4.90 Å². The SMILES string of the molecule is O=C(O)c1ccc(N(Cc2ccc([N+](=O)[O-])cc2)c2ccc3cccnc3c2O)cc1. The number of rotatable bonds is 6. The number of nitro benzene ring substituents is 1. The number of aromatic nitrogens is 1. The first-order valence-electron chi connectivity index (χ1n) is 9.35. The molecule has 0 aliphatic carbocycles. The van der Waals surface area contributed by atoms with Crippen molar-refractivity contribution in [2.45, 2.75) is 6.54 Å². The third-order valence-corrected chi connectivity index (χ3v) is 4.93. The summed E-state index contributed by atoms with van der Waals surface area (Å²) in [6, 6.07) is 19.6. The van der Waals surface area contributed by atoms with Crippen LogP contribution in [0.15, 0.2) is 79.0 Å². The molecule has 0 spiro atoms. The van der Waals surface area contributed by atoms with E-state index in [1.165, 1.54) is 24.3 Å². The zero-order valence-electron chi connectivity index (χ0n) is 16.2. The summed E-state index contributed by atoms with van der Waals surface area (Å²) in [4.78, 5) is 27.8. The number of hydrogen-bond donors (Lipinski definition) is 2. The monoisotopic (exact) mass is 415 g/mol. The van der Waals surface area contributed by atoms with E-state index in [-0.39, 0.29) is 23.5 Å². The van der Waals surface area contributed by atoms with Gasteiger partial charge in [0.25, 0.3) is 5.69 Å². The number of aromatic carboxylic acids is 1. The van der Waals surface area contributed by atoms with Gasteiger partial charge in [-0.25, -0.2) is 4.79 Å². The molecule has 0 aliphatic rings. The second-order valence-electron chi connectivity index (χ2n) is 6.87. The number of carboxylic acids is 1. The van der Waals surface area contributed by atoms with Crippen LogP contribution in [0.1, 0.15) is 15.9 Å². The molecule has 8 nitrogen and oxygen atoms in total. The summed E-state index contributed by atoms with van der Waals surface area (Å²) in [6.07, 6.45) is 1.59. The van der Waals surface area contributed by atoms with Crippen molar-refractivity contribution in [1.29, 1.82) is 0 Å². The minimum absolute atomic E-state index is 0.0117. The summed E-state index contributed by atoms with van der Waals surface area (Å²) in [5.74, 6) is -1.05. The summed E-state index contributed by atoms with van der Waals surface area (Å²) in [5.41, 5.74) is 2.47. The van der Waals surface area contributed by atoms with Crippen LogP contribution in [0.25, 0.3) is 10.9 Å². The quantitative estimate of drug-likeness (QED) is 0.340. The van der Waals surface area contributed by atoms with Gasteiger partial charge < -0.3 is 15.1 Å². The number of nitro groups is 1. The molecular formula is C23H17N3O5. The summed E-state index contributed by atoms with van der Waals surface area (Å²) in [6.45, 7) is 0.288. The molecule has 0 bridgehead atoms. The first-order valence-corrected chi connectivity index (χ1v) is 9.35. The molecular weight excluding hydrogens is 398 g/mol. The number of anilines is 2. The molecule has 31 heavy (non-hydrogen) atoms. The molecule has 4 rings (SSSR count). The van der Waals surface area contributed by atoms with E-state index >= 15 is 0 Å². The largest absolute Gasteiger partial charge is 0.504 e. The van der Waals surface area contributed by atoms with Gasteiger partial charge in [0.05, 0.1) is 16.2 Å². The first kappa shape index (κ1) is 19.8. The number of hydrogen-bond acceptors (Lipinski definition) is 6. The van der Waals surface area contributed by atoms with Gasteiger partial charge in [-0.2, -0.15) is 0 Å². The van der Waals surface area contributed by atoms with Crippen LogP contribution >= 0.6 is 0 Å². The van der Waals surface area contributed by atoms with Crippen molar-refractivity contribution in [3.63, 3.8) is 0 Å². The summed E-state index contributed by atoms with van der Waals surface area (Å²) < 4.78 is 0. The molecule has 2 N–H and O–H groups in total. The topological polar surface area (TPSA) is 117 Å². The lowest BCUT2D eigenvalue weighted by Crippen LogP contribution is -2.17. The molecule has 0 amide bonds. The second kappa shape index (κ2) is 8.11. The Morgan fingerprint density at radius 1 is 1.00 bits per heavy atom. The maximum Gasteiger partial charge on any atom is 0.335 e. The molecule has 3 aromatic carbocycles. The molecule has 8 heteroatoms. The molecule has 0 unspecified atom stereocenters. The Balaban J connectivity index is 1.80. The number of carboxylic acid groups (broad SMARTS) is 1. The summed E-state index contributed by atoms with van der Waals surface area (Å²) in [5, 5.41) is 31.8. The van der Waals surface area contributed by atoms with E-state index in [9.17, 15) is 25.1 Å². The molecule has 0 saturated heterocycles. The molecule has 0 fully saturated rings.